The number of nitro benzene ring substituents is 1. The molecule has 0 fully saturated rings. The van der Waals surface area contributed by atoms with E-state index in [4.69, 9.17) is 4.74 Å². The smallest absolute Gasteiger partial charge is 0.359 e. The molecule has 0 atom stereocenters. The molecule has 104 valence electrons. The third-order valence-corrected chi connectivity index (χ3v) is 3.45. The lowest BCUT2D eigenvalue weighted by Crippen LogP contribution is -2.07. The number of nitrogens with zero attached hydrogens (tertiary/aromatic N) is 1. The van der Waals surface area contributed by atoms with Gasteiger partial charge in [-0.1, -0.05) is 12.1 Å². The highest BCUT2D eigenvalue weighted by Crippen LogP contribution is 2.38. The molecule has 0 saturated heterocycles. The number of rotatable bonds is 4. The highest BCUT2D eigenvalue weighted by molar-refractivity contribution is 7.60. The van der Waals surface area contributed by atoms with Crippen LogP contribution in [0.2, 0.25) is 0 Å². The van der Waals surface area contributed by atoms with E-state index in [9.17, 15) is 24.5 Å². The molecule has 0 aliphatic heterocycles. The van der Waals surface area contributed by atoms with Crippen molar-refractivity contribution in [2.24, 2.45) is 0 Å². The number of hydrogen-bond donors (Lipinski definition) is 2. The average Bonchev–Trinajstić information content (AvgIpc) is 2.38. The monoisotopic (exact) mass is 295 g/mol. The van der Waals surface area contributed by atoms with Gasteiger partial charge in [-0.2, -0.15) is 0 Å². The van der Waals surface area contributed by atoms with E-state index in [0.717, 1.165) is 0 Å². The Labute approximate surface area is 113 Å². The molecule has 20 heavy (non-hydrogen) atoms. The molecule has 0 aromatic heterocycles. The van der Waals surface area contributed by atoms with E-state index in [1.807, 2.05) is 0 Å². The molecule has 0 saturated carbocycles. The molecule has 0 radical (unpaired) electrons. The largest absolute Gasteiger partial charge is 0.456 e. The van der Waals surface area contributed by atoms with Crippen molar-refractivity contribution in [2.45, 2.75) is 0 Å². The molecule has 0 bridgehead atoms. The predicted molar refractivity (Wildman–Crippen MR) is 71.3 cm³/mol. The maximum Gasteiger partial charge on any atom is 0.359 e. The summed E-state index contributed by atoms with van der Waals surface area (Å²) in [4.78, 5) is 28.4. The van der Waals surface area contributed by atoms with Crippen molar-refractivity contribution in [2.75, 3.05) is 0 Å². The third-order valence-electron chi connectivity index (χ3n) is 2.45. The van der Waals surface area contributed by atoms with Crippen molar-refractivity contribution >= 4 is 18.6 Å². The minimum absolute atomic E-state index is 0.00897. The predicted octanol–water partition coefficient (Wildman–Crippen LogP) is 2.19. The van der Waals surface area contributed by atoms with Gasteiger partial charge in [0.2, 0.25) is 0 Å². The van der Waals surface area contributed by atoms with Gasteiger partial charge in [0.05, 0.1) is 4.92 Å². The van der Waals surface area contributed by atoms with Gasteiger partial charge >= 0.3 is 7.60 Å². The molecule has 2 rings (SSSR count). The number of hydrogen-bond acceptors (Lipinski definition) is 4. The van der Waals surface area contributed by atoms with Gasteiger partial charge in [0, 0.05) is 12.1 Å². The number of ether oxygens (including phenoxy) is 1. The van der Waals surface area contributed by atoms with E-state index in [0.29, 0.717) is 0 Å². The SMILES string of the molecule is O=[N+]([O-])c1ccc(Oc2ccccc2P(=O)(O)O)cc1. The Balaban J connectivity index is 2.31. The van der Waals surface area contributed by atoms with Crippen LogP contribution in [-0.4, -0.2) is 14.7 Å². The van der Waals surface area contributed by atoms with Gasteiger partial charge in [0.25, 0.3) is 5.69 Å². The number of para-hydroxylation sites is 1. The number of non-ortho nitro benzene ring substituents is 1. The second kappa shape index (κ2) is 5.42. The van der Waals surface area contributed by atoms with Crippen molar-refractivity contribution in [1.29, 1.82) is 0 Å². The van der Waals surface area contributed by atoms with Gasteiger partial charge < -0.3 is 14.5 Å². The quantitative estimate of drug-likeness (QED) is 0.508. The normalized spacial score (nSPS) is 11.1. The van der Waals surface area contributed by atoms with E-state index in [2.05, 4.69) is 0 Å². The van der Waals surface area contributed by atoms with Gasteiger partial charge in [0.1, 0.15) is 16.8 Å². The van der Waals surface area contributed by atoms with Gasteiger partial charge in [-0.05, 0) is 24.3 Å². The zero-order chi connectivity index (χ0) is 14.8. The summed E-state index contributed by atoms with van der Waals surface area (Å²) in [7, 11) is -4.45. The van der Waals surface area contributed by atoms with Crippen LogP contribution in [0.1, 0.15) is 0 Å². The van der Waals surface area contributed by atoms with Crippen LogP contribution < -0.4 is 10.0 Å². The van der Waals surface area contributed by atoms with E-state index < -0.39 is 12.5 Å². The van der Waals surface area contributed by atoms with Crippen LogP contribution in [0.4, 0.5) is 5.69 Å². The summed E-state index contributed by atoms with van der Waals surface area (Å²) in [5.41, 5.74) is -0.0966. The molecular formula is C12H10NO6P. The highest BCUT2D eigenvalue weighted by atomic mass is 31.2. The topological polar surface area (TPSA) is 110 Å². The number of nitro groups is 1. The summed E-state index contributed by atoms with van der Waals surface area (Å²) in [6.45, 7) is 0. The van der Waals surface area contributed by atoms with Gasteiger partial charge in [0.15, 0.2) is 0 Å². The van der Waals surface area contributed by atoms with Crippen molar-refractivity contribution in [1.82, 2.24) is 0 Å². The second-order valence-corrected chi connectivity index (χ2v) is 5.43. The van der Waals surface area contributed by atoms with Crippen LogP contribution in [-0.2, 0) is 4.57 Å². The summed E-state index contributed by atoms with van der Waals surface area (Å²) in [5.74, 6) is 0.256. The standard InChI is InChI=1S/C12H10NO6P/c14-13(15)9-5-7-10(8-6-9)19-11-3-1-2-4-12(11)20(16,17)18/h1-8H,(H2,16,17,18). The molecule has 2 aromatic rings. The Hall–Kier alpha value is -2.21. The molecule has 0 heterocycles. The fourth-order valence-electron chi connectivity index (χ4n) is 1.55. The Morgan fingerprint density at radius 1 is 1.05 bits per heavy atom. The van der Waals surface area contributed by atoms with Crippen LogP contribution in [0.3, 0.4) is 0 Å². The summed E-state index contributed by atoms with van der Waals surface area (Å²) >= 11 is 0. The summed E-state index contributed by atoms with van der Waals surface area (Å²) in [5, 5.41) is 10.3. The third kappa shape index (κ3) is 3.21. The van der Waals surface area contributed by atoms with E-state index in [-0.39, 0.29) is 22.5 Å². The zero-order valence-corrected chi connectivity index (χ0v) is 10.9. The van der Waals surface area contributed by atoms with Crippen LogP contribution in [0.5, 0.6) is 11.5 Å². The number of benzene rings is 2. The second-order valence-electron chi connectivity index (χ2n) is 3.86. The Morgan fingerprint density at radius 3 is 2.20 bits per heavy atom. The fourth-order valence-corrected chi connectivity index (χ4v) is 2.23. The summed E-state index contributed by atoms with van der Waals surface area (Å²) in [6, 6.07) is 10.9. The molecule has 8 heteroatoms. The first-order chi connectivity index (χ1) is 9.38. The first-order valence-corrected chi connectivity index (χ1v) is 7.06. The van der Waals surface area contributed by atoms with E-state index in [1.165, 1.54) is 42.5 Å². The van der Waals surface area contributed by atoms with Crippen molar-refractivity contribution in [3.63, 3.8) is 0 Å². The summed E-state index contributed by atoms with van der Waals surface area (Å²) in [6.07, 6.45) is 0. The first kappa shape index (κ1) is 14.2. The minimum Gasteiger partial charge on any atom is -0.456 e. The Kier molecular flexibility index (Phi) is 3.85. The van der Waals surface area contributed by atoms with E-state index >= 15 is 0 Å². The van der Waals surface area contributed by atoms with Gasteiger partial charge in [-0.25, -0.2) is 0 Å². The summed E-state index contributed by atoms with van der Waals surface area (Å²) < 4.78 is 16.7. The maximum atomic E-state index is 11.3. The molecule has 0 aliphatic rings. The molecule has 0 spiro atoms. The molecule has 2 N–H and O–H groups in total. The first-order valence-electron chi connectivity index (χ1n) is 5.45. The van der Waals surface area contributed by atoms with Gasteiger partial charge in [-0.15, -0.1) is 0 Å². The van der Waals surface area contributed by atoms with Crippen molar-refractivity contribution in [3.05, 3.63) is 58.6 Å². The van der Waals surface area contributed by atoms with Crippen LogP contribution in [0.25, 0.3) is 0 Å². The van der Waals surface area contributed by atoms with E-state index in [1.54, 1.807) is 6.07 Å². The minimum atomic E-state index is -4.45. The highest BCUT2D eigenvalue weighted by Gasteiger charge is 2.22. The van der Waals surface area contributed by atoms with Crippen molar-refractivity contribution < 1.29 is 24.0 Å². The molecule has 0 amide bonds. The average molecular weight is 295 g/mol. The maximum absolute atomic E-state index is 11.3. The van der Waals surface area contributed by atoms with Gasteiger partial charge in [-0.3, -0.25) is 14.7 Å². The van der Waals surface area contributed by atoms with Crippen LogP contribution in [0.15, 0.2) is 48.5 Å². The van der Waals surface area contributed by atoms with Crippen molar-refractivity contribution in [3.8, 4) is 11.5 Å². The Morgan fingerprint density at radius 2 is 1.65 bits per heavy atom. The fraction of sp³-hybridized carbons (Fsp3) is 0. The molecule has 7 nitrogen and oxygen atoms in total. The zero-order valence-electron chi connectivity index (χ0n) is 10.0. The molecular weight excluding hydrogens is 285 g/mol. The lowest BCUT2D eigenvalue weighted by Gasteiger charge is -2.11. The molecule has 0 unspecified atom stereocenters. The lowest BCUT2D eigenvalue weighted by molar-refractivity contribution is -0.384. The lowest BCUT2D eigenvalue weighted by atomic mass is 10.3. The van der Waals surface area contributed by atoms with Crippen LogP contribution in [0, 0.1) is 10.1 Å². The molecule has 2 aromatic carbocycles. The van der Waals surface area contributed by atoms with Crippen LogP contribution >= 0.6 is 7.60 Å². The molecule has 0 aliphatic carbocycles. The Bertz CT molecular complexity index is 679.